The Labute approximate surface area is 164 Å². The molecule has 2 aromatic rings. The Kier molecular flexibility index (Phi) is 5.85. The zero-order valence-corrected chi connectivity index (χ0v) is 16.9. The summed E-state index contributed by atoms with van der Waals surface area (Å²) in [4.78, 5) is 14.4. The second kappa shape index (κ2) is 8.13. The maximum Gasteiger partial charge on any atom is 0.234 e. The highest BCUT2D eigenvalue weighted by atomic mass is 32.2. The Morgan fingerprint density at radius 2 is 2.07 bits per heavy atom. The highest BCUT2D eigenvalue weighted by molar-refractivity contribution is 7.99. The van der Waals surface area contributed by atoms with Crippen molar-refractivity contribution in [2.75, 3.05) is 12.8 Å². The first-order valence-corrected chi connectivity index (χ1v) is 10.2. The maximum absolute atomic E-state index is 12.7. The quantitative estimate of drug-likeness (QED) is 0.738. The first kappa shape index (κ1) is 19.4. The fraction of sp³-hybridized carbons (Fsp3) is 0.500. The number of rotatable bonds is 5. The van der Waals surface area contributed by atoms with Gasteiger partial charge in [-0.15, -0.1) is 10.2 Å². The second-order valence-corrected chi connectivity index (χ2v) is 8.12. The Morgan fingerprint density at radius 1 is 1.33 bits per heavy atom. The molecule has 1 aromatic heterocycles. The van der Waals surface area contributed by atoms with Gasteiger partial charge in [0.2, 0.25) is 5.91 Å². The summed E-state index contributed by atoms with van der Waals surface area (Å²) in [6, 6.07) is 10.5. The summed E-state index contributed by atoms with van der Waals surface area (Å²) in [5.41, 5.74) is 1.52. The third-order valence-electron chi connectivity index (χ3n) is 5.34. The third kappa shape index (κ3) is 4.01. The van der Waals surface area contributed by atoms with E-state index in [2.05, 4.69) is 22.3 Å². The minimum Gasteiger partial charge on any atom is -0.326 e. The molecule has 1 aliphatic carbocycles. The smallest absolute Gasteiger partial charge is 0.234 e. The highest BCUT2D eigenvalue weighted by Gasteiger charge is 2.38. The normalized spacial score (nSPS) is 15.9. The molecule has 142 valence electrons. The number of nitriles is 1. The molecule has 1 fully saturated rings. The molecule has 0 saturated heterocycles. The van der Waals surface area contributed by atoms with Crippen LogP contribution in [0.2, 0.25) is 0 Å². The summed E-state index contributed by atoms with van der Waals surface area (Å²) in [6.45, 7) is 2.04. The average molecular weight is 384 g/mol. The zero-order chi connectivity index (χ0) is 19.4. The van der Waals surface area contributed by atoms with Gasteiger partial charge in [0.1, 0.15) is 5.54 Å². The number of aromatic nitrogens is 3. The van der Waals surface area contributed by atoms with E-state index in [1.165, 1.54) is 11.8 Å². The van der Waals surface area contributed by atoms with Crippen molar-refractivity contribution in [2.24, 2.45) is 7.05 Å². The number of hydrogen-bond acceptors (Lipinski definition) is 5. The van der Waals surface area contributed by atoms with Crippen molar-refractivity contribution in [1.82, 2.24) is 19.7 Å². The van der Waals surface area contributed by atoms with Crippen LogP contribution in [0.4, 0.5) is 0 Å². The Hall–Kier alpha value is -2.33. The number of amides is 1. The van der Waals surface area contributed by atoms with E-state index in [0.29, 0.717) is 5.16 Å². The van der Waals surface area contributed by atoms with Crippen LogP contribution in [0, 0.1) is 18.3 Å². The van der Waals surface area contributed by atoms with E-state index in [-0.39, 0.29) is 11.7 Å². The summed E-state index contributed by atoms with van der Waals surface area (Å²) in [7, 11) is 3.67. The zero-order valence-electron chi connectivity index (χ0n) is 16.1. The van der Waals surface area contributed by atoms with Gasteiger partial charge in [0.25, 0.3) is 0 Å². The third-order valence-corrected chi connectivity index (χ3v) is 6.35. The van der Waals surface area contributed by atoms with Crippen LogP contribution in [0.15, 0.2) is 29.4 Å². The molecule has 1 aliphatic rings. The predicted octanol–water partition coefficient (Wildman–Crippen LogP) is 3.57. The highest BCUT2D eigenvalue weighted by Crippen LogP contribution is 2.33. The lowest BCUT2D eigenvalue weighted by Crippen LogP contribution is -2.50. The number of carbonyl (C=O) groups is 1. The van der Waals surface area contributed by atoms with Crippen molar-refractivity contribution in [3.05, 3.63) is 29.8 Å². The molecular formula is C20H25N5OS. The van der Waals surface area contributed by atoms with Gasteiger partial charge < -0.3 is 9.47 Å². The van der Waals surface area contributed by atoms with Crippen LogP contribution in [0.1, 0.15) is 37.7 Å². The standard InChI is InChI=1S/C20H25N5OS/c1-15-8-7-9-16(12-15)18-22-23-19(24(18)2)27-13-17(26)25(3)20(14-21)10-5-4-6-11-20/h7-9,12H,4-6,10-11,13H2,1-3H3. The SMILES string of the molecule is Cc1cccc(-c2nnc(SCC(=O)N(C)C3(C#N)CCCCC3)n2C)c1. The lowest BCUT2D eigenvalue weighted by molar-refractivity contribution is -0.131. The summed E-state index contributed by atoms with van der Waals surface area (Å²) in [6.07, 6.45) is 4.67. The van der Waals surface area contributed by atoms with Crippen LogP contribution < -0.4 is 0 Å². The lowest BCUT2D eigenvalue weighted by Gasteiger charge is -2.39. The number of aryl methyl sites for hydroxylation is 1. The topological polar surface area (TPSA) is 74.8 Å². The Morgan fingerprint density at radius 3 is 2.74 bits per heavy atom. The van der Waals surface area contributed by atoms with Gasteiger partial charge in [0.15, 0.2) is 11.0 Å². The molecule has 1 saturated carbocycles. The van der Waals surface area contributed by atoms with Crippen molar-refractivity contribution in [3.8, 4) is 17.5 Å². The Bertz CT molecular complexity index is 863. The molecule has 0 aliphatic heterocycles. The molecule has 0 bridgehead atoms. The molecule has 3 rings (SSSR count). The van der Waals surface area contributed by atoms with Gasteiger partial charge >= 0.3 is 0 Å². The number of benzene rings is 1. The average Bonchev–Trinajstić information content (AvgIpc) is 3.06. The molecular weight excluding hydrogens is 358 g/mol. The summed E-state index contributed by atoms with van der Waals surface area (Å²) >= 11 is 1.37. The Balaban J connectivity index is 1.68. The maximum atomic E-state index is 12.7. The van der Waals surface area contributed by atoms with Crippen LogP contribution in [0.25, 0.3) is 11.4 Å². The second-order valence-electron chi connectivity index (χ2n) is 7.18. The van der Waals surface area contributed by atoms with E-state index in [0.717, 1.165) is 49.1 Å². The number of hydrogen-bond donors (Lipinski definition) is 0. The van der Waals surface area contributed by atoms with E-state index in [9.17, 15) is 10.1 Å². The summed E-state index contributed by atoms with van der Waals surface area (Å²) in [5, 5.41) is 18.9. The van der Waals surface area contributed by atoms with Crippen LogP contribution in [0.5, 0.6) is 0 Å². The van der Waals surface area contributed by atoms with Crippen molar-refractivity contribution >= 4 is 17.7 Å². The fourth-order valence-corrected chi connectivity index (χ4v) is 4.42. The molecule has 1 heterocycles. The molecule has 1 amide bonds. The predicted molar refractivity (Wildman–Crippen MR) is 106 cm³/mol. The van der Waals surface area contributed by atoms with Crippen molar-refractivity contribution in [1.29, 1.82) is 5.26 Å². The van der Waals surface area contributed by atoms with Gasteiger partial charge in [0, 0.05) is 19.7 Å². The van der Waals surface area contributed by atoms with Gasteiger partial charge in [-0.3, -0.25) is 4.79 Å². The van der Waals surface area contributed by atoms with E-state index in [1.807, 2.05) is 36.7 Å². The van der Waals surface area contributed by atoms with Gasteiger partial charge in [-0.2, -0.15) is 5.26 Å². The molecule has 1 aromatic carbocycles. The van der Waals surface area contributed by atoms with Gasteiger partial charge in [-0.05, 0) is 25.8 Å². The molecule has 0 unspecified atom stereocenters. The van der Waals surface area contributed by atoms with Crippen molar-refractivity contribution in [3.63, 3.8) is 0 Å². The monoisotopic (exact) mass is 383 g/mol. The van der Waals surface area contributed by atoms with E-state index < -0.39 is 5.54 Å². The van der Waals surface area contributed by atoms with Crippen LogP contribution in [-0.4, -0.2) is 43.9 Å². The van der Waals surface area contributed by atoms with Crippen LogP contribution in [0.3, 0.4) is 0 Å². The molecule has 0 atom stereocenters. The number of nitrogens with zero attached hydrogens (tertiary/aromatic N) is 5. The van der Waals surface area contributed by atoms with Crippen LogP contribution in [-0.2, 0) is 11.8 Å². The van der Waals surface area contributed by atoms with Crippen LogP contribution >= 0.6 is 11.8 Å². The summed E-state index contributed by atoms with van der Waals surface area (Å²) in [5.74, 6) is 0.992. The minimum absolute atomic E-state index is 0.0384. The molecule has 0 spiro atoms. The van der Waals surface area contributed by atoms with Crippen molar-refractivity contribution < 1.29 is 4.79 Å². The fourth-order valence-electron chi connectivity index (χ4n) is 3.60. The largest absolute Gasteiger partial charge is 0.326 e. The van der Waals surface area contributed by atoms with E-state index in [1.54, 1.807) is 11.9 Å². The first-order valence-electron chi connectivity index (χ1n) is 9.24. The minimum atomic E-state index is -0.650. The van der Waals surface area contributed by atoms with Gasteiger partial charge in [-0.1, -0.05) is 54.8 Å². The first-order chi connectivity index (χ1) is 13.0. The molecule has 0 N–H and O–H groups in total. The molecule has 0 radical (unpaired) electrons. The van der Waals surface area contributed by atoms with E-state index in [4.69, 9.17) is 0 Å². The lowest BCUT2D eigenvalue weighted by atomic mass is 9.81. The van der Waals surface area contributed by atoms with Gasteiger partial charge in [-0.25, -0.2) is 0 Å². The van der Waals surface area contributed by atoms with E-state index >= 15 is 0 Å². The van der Waals surface area contributed by atoms with Gasteiger partial charge in [0.05, 0.1) is 11.8 Å². The summed E-state index contributed by atoms with van der Waals surface area (Å²) < 4.78 is 1.91. The molecule has 6 nitrogen and oxygen atoms in total. The van der Waals surface area contributed by atoms with Crippen molar-refractivity contribution in [2.45, 2.75) is 49.7 Å². The number of thioether (sulfide) groups is 1. The number of carbonyl (C=O) groups excluding carboxylic acids is 1. The molecule has 7 heteroatoms. The molecule has 27 heavy (non-hydrogen) atoms.